The summed E-state index contributed by atoms with van der Waals surface area (Å²) in [5.74, 6) is -11.2. The minimum atomic E-state index is -2.25. The summed E-state index contributed by atoms with van der Waals surface area (Å²) < 4.78 is 69.5. The Morgan fingerprint density at radius 2 is 1.26 bits per heavy atom. The Morgan fingerprint density at radius 3 is 1.63 bits per heavy atom. The largest absolute Gasteiger partial charge is 0.460 e. The highest BCUT2D eigenvalue weighted by Crippen LogP contribution is 2.24. The number of carbonyl (C=O) groups excluding carboxylic acids is 1. The van der Waals surface area contributed by atoms with E-state index in [0.717, 1.165) is 0 Å². The van der Waals surface area contributed by atoms with Gasteiger partial charge in [0.2, 0.25) is 5.82 Å². The molecule has 0 aliphatic heterocycles. The van der Waals surface area contributed by atoms with E-state index in [4.69, 9.17) is 0 Å². The van der Waals surface area contributed by atoms with E-state index in [0.29, 0.717) is 0 Å². The minimum absolute atomic E-state index is 0.823. The number of benzene rings is 1. The first kappa shape index (κ1) is 15.4. The molecule has 1 aromatic carbocycles. The fourth-order valence-corrected chi connectivity index (χ4v) is 1.13. The maximum absolute atomic E-state index is 13.2. The van der Waals surface area contributed by atoms with Gasteiger partial charge in [0.25, 0.3) is 0 Å². The number of hydrogen-bond donors (Lipinski definition) is 0. The molecule has 0 radical (unpaired) electrons. The molecule has 0 unspecified atom stereocenters. The minimum Gasteiger partial charge on any atom is -0.460 e. The summed E-state index contributed by atoms with van der Waals surface area (Å²) in [6.07, 6.45) is 0. The molecule has 0 bridgehead atoms. The van der Waals surface area contributed by atoms with E-state index in [2.05, 4.69) is 4.74 Å². The number of esters is 1. The maximum Gasteiger partial charge on any atom is 0.311 e. The van der Waals surface area contributed by atoms with Crippen molar-refractivity contribution in [2.75, 3.05) is 0 Å². The molecule has 1 aromatic rings. The summed E-state index contributed by atoms with van der Waals surface area (Å²) in [4.78, 5) is 11.4. The summed E-state index contributed by atoms with van der Waals surface area (Å²) in [6.45, 7) is 3.41. The molecule has 0 saturated heterocycles. The lowest BCUT2D eigenvalue weighted by molar-refractivity contribution is -0.154. The SMILES string of the molecule is CC(C)(C)C(=O)OCc1c(F)c(F)c(F)c(F)c1F. The lowest BCUT2D eigenvalue weighted by Crippen LogP contribution is -2.23. The molecule has 0 fully saturated rings. The van der Waals surface area contributed by atoms with E-state index < -0.39 is 52.6 Å². The third kappa shape index (κ3) is 3.02. The smallest absolute Gasteiger partial charge is 0.311 e. The van der Waals surface area contributed by atoms with Gasteiger partial charge in [-0.25, -0.2) is 22.0 Å². The van der Waals surface area contributed by atoms with Crippen molar-refractivity contribution in [3.8, 4) is 0 Å². The first-order chi connectivity index (χ1) is 8.57. The highest BCUT2D eigenvalue weighted by atomic mass is 19.2. The van der Waals surface area contributed by atoms with Crippen molar-refractivity contribution >= 4 is 5.97 Å². The number of ether oxygens (including phenoxy) is 1. The van der Waals surface area contributed by atoms with E-state index in [-0.39, 0.29) is 0 Å². The van der Waals surface area contributed by atoms with Gasteiger partial charge in [-0.15, -0.1) is 0 Å². The zero-order valence-electron chi connectivity index (χ0n) is 10.4. The van der Waals surface area contributed by atoms with E-state index in [1.165, 1.54) is 20.8 Å². The van der Waals surface area contributed by atoms with Crippen LogP contribution in [-0.2, 0) is 16.1 Å². The van der Waals surface area contributed by atoms with Crippen molar-refractivity contribution < 1.29 is 31.5 Å². The van der Waals surface area contributed by atoms with Gasteiger partial charge in [-0.2, -0.15) is 0 Å². The van der Waals surface area contributed by atoms with Crippen molar-refractivity contribution in [3.05, 3.63) is 34.6 Å². The first-order valence-corrected chi connectivity index (χ1v) is 5.25. The van der Waals surface area contributed by atoms with Crippen LogP contribution < -0.4 is 0 Å². The zero-order chi connectivity index (χ0) is 15.0. The molecular formula is C12H11F5O2. The van der Waals surface area contributed by atoms with Gasteiger partial charge in [-0.3, -0.25) is 4.79 Å². The normalized spacial score (nSPS) is 11.6. The van der Waals surface area contributed by atoms with Gasteiger partial charge in [0.1, 0.15) is 6.61 Å². The molecule has 106 valence electrons. The predicted molar refractivity (Wildman–Crippen MR) is 55.5 cm³/mol. The Labute approximate surface area is 106 Å². The standard InChI is InChI=1S/C12H11F5O2/c1-12(2,3)11(18)19-4-5-6(13)8(15)10(17)9(16)7(5)14/h4H2,1-3H3. The molecule has 0 atom stereocenters. The lowest BCUT2D eigenvalue weighted by Gasteiger charge is -2.17. The van der Waals surface area contributed by atoms with E-state index in [1.54, 1.807) is 0 Å². The van der Waals surface area contributed by atoms with Crippen LogP contribution in [0.4, 0.5) is 22.0 Å². The van der Waals surface area contributed by atoms with Gasteiger partial charge in [-0.05, 0) is 20.8 Å². The summed E-state index contributed by atoms with van der Waals surface area (Å²) in [6, 6.07) is 0. The van der Waals surface area contributed by atoms with E-state index in [1.807, 2.05) is 0 Å². The number of halogens is 5. The van der Waals surface area contributed by atoms with Crippen LogP contribution >= 0.6 is 0 Å². The average molecular weight is 282 g/mol. The van der Waals surface area contributed by atoms with Gasteiger partial charge >= 0.3 is 5.97 Å². The molecule has 0 saturated carbocycles. The zero-order valence-corrected chi connectivity index (χ0v) is 10.4. The van der Waals surface area contributed by atoms with Gasteiger partial charge in [0.05, 0.1) is 11.0 Å². The fraction of sp³-hybridized carbons (Fsp3) is 0.417. The molecule has 0 aliphatic rings. The summed E-state index contributed by atoms with van der Waals surface area (Å²) in [5, 5.41) is 0. The molecule has 7 heteroatoms. The highest BCUT2D eigenvalue weighted by molar-refractivity contribution is 5.75. The maximum atomic E-state index is 13.2. The Balaban J connectivity index is 3.07. The van der Waals surface area contributed by atoms with Gasteiger partial charge in [0.15, 0.2) is 23.3 Å². The Bertz CT molecular complexity index is 491. The molecule has 19 heavy (non-hydrogen) atoms. The molecular weight excluding hydrogens is 271 g/mol. The Morgan fingerprint density at radius 1 is 0.895 bits per heavy atom. The molecule has 0 spiro atoms. The molecule has 0 aromatic heterocycles. The van der Waals surface area contributed by atoms with Crippen LogP contribution in [0.25, 0.3) is 0 Å². The second-order valence-corrected chi connectivity index (χ2v) is 4.87. The topological polar surface area (TPSA) is 26.3 Å². The summed E-state index contributed by atoms with van der Waals surface area (Å²) >= 11 is 0. The third-order valence-electron chi connectivity index (χ3n) is 2.26. The molecule has 0 amide bonds. The highest BCUT2D eigenvalue weighted by Gasteiger charge is 2.28. The van der Waals surface area contributed by atoms with Crippen molar-refractivity contribution in [2.24, 2.45) is 5.41 Å². The van der Waals surface area contributed by atoms with Crippen LogP contribution in [0.3, 0.4) is 0 Å². The number of carbonyl (C=O) groups is 1. The number of rotatable bonds is 2. The summed E-state index contributed by atoms with van der Waals surface area (Å²) in [5.41, 5.74) is -2.13. The lowest BCUT2D eigenvalue weighted by atomic mass is 9.97. The van der Waals surface area contributed by atoms with Crippen LogP contribution in [0.1, 0.15) is 26.3 Å². The predicted octanol–water partition coefficient (Wildman–Crippen LogP) is 3.47. The first-order valence-electron chi connectivity index (χ1n) is 5.25. The van der Waals surface area contributed by atoms with Crippen molar-refractivity contribution in [1.82, 2.24) is 0 Å². The fourth-order valence-electron chi connectivity index (χ4n) is 1.13. The van der Waals surface area contributed by atoms with Crippen molar-refractivity contribution in [1.29, 1.82) is 0 Å². The Hall–Kier alpha value is -1.66. The van der Waals surface area contributed by atoms with Gasteiger partial charge in [-0.1, -0.05) is 0 Å². The van der Waals surface area contributed by atoms with Crippen LogP contribution in [-0.4, -0.2) is 5.97 Å². The molecule has 1 rings (SSSR count). The molecule has 2 nitrogen and oxygen atoms in total. The van der Waals surface area contributed by atoms with Crippen molar-refractivity contribution in [3.63, 3.8) is 0 Å². The second-order valence-electron chi connectivity index (χ2n) is 4.87. The van der Waals surface area contributed by atoms with Crippen LogP contribution in [0.15, 0.2) is 0 Å². The van der Waals surface area contributed by atoms with E-state index >= 15 is 0 Å². The van der Waals surface area contributed by atoms with E-state index in [9.17, 15) is 26.7 Å². The summed E-state index contributed by atoms with van der Waals surface area (Å²) in [7, 11) is 0. The van der Waals surface area contributed by atoms with Gasteiger partial charge in [0, 0.05) is 0 Å². The average Bonchev–Trinajstić information content (AvgIpc) is 2.32. The Kier molecular flexibility index (Phi) is 4.17. The third-order valence-corrected chi connectivity index (χ3v) is 2.26. The second kappa shape index (κ2) is 5.14. The van der Waals surface area contributed by atoms with Gasteiger partial charge < -0.3 is 4.74 Å². The molecule has 0 aliphatic carbocycles. The van der Waals surface area contributed by atoms with Crippen LogP contribution in [0.5, 0.6) is 0 Å². The monoisotopic (exact) mass is 282 g/mol. The number of hydrogen-bond acceptors (Lipinski definition) is 2. The quantitative estimate of drug-likeness (QED) is 0.359. The molecule has 0 heterocycles. The van der Waals surface area contributed by atoms with Crippen LogP contribution in [0, 0.1) is 34.5 Å². The van der Waals surface area contributed by atoms with Crippen LogP contribution in [0.2, 0.25) is 0 Å². The van der Waals surface area contributed by atoms with Crippen molar-refractivity contribution in [2.45, 2.75) is 27.4 Å². The molecule has 0 N–H and O–H groups in total.